The van der Waals surface area contributed by atoms with Crippen LogP contribution in [0.25, 0.3) is 0 Å². The second kappa shape index (κ2) is 7.40. The summed E-state index contributed by atoms with van der Waals surface area (Å²) < 4.78 is 0. The number of carbonyl (C=O) groups excluding carboxylic acids is 1. The molecule has 0 aliphatic heterocycles. The Bertz CT molecular complexity index is 143. The first-order valence-corrected chi connectivity index (χ1v) is 3.33. The van der Waals surface area contributed by atoms with E-state index in [0.29, 0.717) is 0 Å². The van der Waals surface area contributed by atoms with Gasteiger partial charge in [0.2, 0.25) is 0 Å². The quantitative estimate of drug-likeness (QED) is 0.251. The Hall–Kier alpha value is -0.0105. The maximum atomic E-state index is 9.90. The molecule has 0 saturated heterocycles. The van der Waals surface area contributed by atoms with Crippen LogP contribution in [0.4, 0.5) is 0 Å². The largest absolute Gasteiger partial charge is 0.394 e. The molecule has 0 radical (unpaired) electrons. The Morgan fingerprint density at radius 1 is 1.08 bits per heavy atom. The predicted octanol–water partition coefficient (Wildman–Crippen LogP) is -3.38. The molecule has 6 nitrogen and oxygen atoms in total. The van der Waals surface area contributed by atoms with E-state index in [0.717, 1.165) is 0 Å². The van der Waals surface area contributed by atoms with E-state index in [2.05, 4.69) is 0 Å². The van der Waals surface area contributed by atoms with E-state index >= 15 is 0 Å². The molecule has 0 unspecified atom stereocenters. The fourth-order valence-electron chi connectivity index (χ4n) is 0.618. The molecule has 0 fully saturated rings. The van der Waals surface area contributed by atoms with Crippen molar-refractivity contribution >= 4 is 6.29 Å². The molecule has 0 saturated carbocycles. The van der Waals surface area contributed by atoms with Gasteiger partial charge >= 0.3 is 0 Å². The van der Waals surface area contributed by atoms with E-state index in [4.69, 9.17) is 25.5 Å². The van der Waals surface area contributed by atoms with Crippen molar-refractivity contribution in [3.05, 3.63) is 0 Å². The van der Waals surface area contributed by atoms with Crippen LogP contribution in [0.5, 0.6) is 0 Å². The molecule has 0 aliphatic rings. The van der Waals surface area contributed by atoms with E-state index in [1.54, 1.807) is 0 Å². The van der Waals surface area contributed by atoms with Crippen molar-refractivity contribution in [1.82, 2.24) is 0 Å². The van der Waals surface area contributed by atoms with Gasteiger partial charge in [0.25, 0.3) is 0 Å². The van der Waals surface area contributed by atoms with Gasteiger partial charge in [0.05, 0.1) is 6.61 Å². The van der Waals surface area contributed by atoms with Gasteiger partial charge in [0.15, 0.2) is 6.29 Å². The van der Waals surface area contributed by atoms with Crippen LogP contribution in [0.15, 0.2) is 0 Å². The summed E-state index contributed by atoms with van der Waals surface area (Å²) in [5.41, 5.74) is 0. The standard InChI is InChI=1S/C6H12O6.Fe/c7-1-3(9)5(11)6(12)4(10)2-8;/h1,3-6,8-12H,2H2;/t3-,4-,5-,6-;/m1./s1. The molecule has 7 heteroatoms. The normalized spacial score (nSPS) is 19.5. The van der Waals surface area contributed by atoms with Crippen LogP contribution in [0.1, 0.15) is 0 Å². The second-order valence-corrected chi connectivity index (χ2v) is 2.36. The third-order valence-electron chi connectivity index (χ3n) is 1.42. The summed E-state index contributed by atoms with van der Waals surface area (Å²) in [6.45, 7) is -0.760. The van der Waals surface area contributed by atoms with E-state index in [1.165, 1.54) is 0 Å². The zero-order valence-electron chi connectivity index (χ0n) is 6.59. The van der Waals surface area contributed by atoms with Gasteiger partial charge < -0.3 is 30.3 Å². The molecule has 0 aromatic heterocycles. The molecule has 13 heavy (non-hydrogen) atoms. The third-order valence-corrected chi connectivity index (χ3v) is 1.42. The summed E-state index contributed by atoms with van der Waals surface area (Å²) in [6.07, 6.45) is -6.84. The molecule has 0 bridgehead atoms. The van der Waals surface area contributed by atoms with Gasteiger partial charge in [-0.05, 0) is 0 Å². The topological polar surface area (TPSA) is 118 Å². The van der Waals surface area contributed by atoms with Crippen LogP contribution in [-0.2, 0) is 21.9 Å². The number of hydrogen-bond acceptors (Lipinski definition) is 6. The van der Waals surface area contributed by atoms with Crippen molar-refractivity contribution < 1.29 is 47.4 Å². The summed E-state index contributed by atoms with van der Waals surface area (Å²) in [5.74, 6) is 0. The molecule has 0 heterocycles. The smallest absolute Gasteiger partial charge is 0.151 e. The molecule has 0 aromatic rings. The van der Waals surface area contributed by atoms with Gasteiger partial charge in [-0.15, -0.1) is 0 Å². The van der Waals surface area contributed by atoms with Gasteiger partial charge in [-0.3, -0.25) is 0 Å². The van der Waals surface area contributed by atoms with Gasteiger partial charge in [0, 0.05) is 17.1 Å². The molecule has 0 rings (SSSR count). The van der Waals surface area contributed by atoms with E-state index in [1.807, 2.05) is 0 Å². The minimum absolute atomic E-state index is 0. The fraction of sp³-hybridized carbons (Fsp3) is 0.833. The Morgan fingerprint density at radius 2 is 1.54 bits per heavy atom. The fourth-order valence-corrected chi connectivity index (χ4v) is 0.618. The van der Waals surface area contributed by atoms with E-state index < -0.39 is 31.0 Å². The number of aliphatic hydroxyl groups excluding tert-OH is 5. The van der Waals surface area contributed by atoms with Gasteiger partial charge in [0.1, 0.15) is 24.4 Å². The zero-order valence-corrected chi connectivity index (χ0v) is 7.70. The molecule has 0 aromatic carbocycles. The molecule has 0 spiro atoms. The van der Waals surface area contributed by atoms with Crippen LogP contribution in [-0.4, -0.2) is 62.8 Å². The minimum Gasteiger partial charge on any atom is -0.394 e. The van der Waals surface area contributed by atoms with Crippen molar-refractivity contribution in [1.29, 1.82) is 0 Å². The third kappa shape index (κ3) is 4.68. The maximum absolute atomic E-state index is 9.90. The first-order chi connectivity index (χ1) is 5.54. The predicted molar refractivity (Wildman–Crippen MR) is 37.2 cm³/mol. The van der Waals surface area contributed by atoms with Crippen molar-refractivity contribution in [2.24, 2.45) is 0 Å². The summed E-state index contributed by atoms with van der Waals surface area (Å²) in [5, 5.41) is 43.5. The Morgan fingerprint density at radius 3 is 1.85 bits per heavy atom. The number of aldehydes is 1. The SMILES string of the molecule is O=C[C@@H](O)[C@@H](O)[C@H](O)[C@H](O)CO.[Fe]. The Balaban J connectivity index is 0. The first kappa shape index (κ1) is 15.5. The Labute approximate surface area is 85.3 Å². The zero-order chi connectivity index (χ0) is 9.72. The van der Waals surface area contributed by atoms with Gasteiger partial charge in [-0.1, -0.05) is 0 Å². The summed E-state index contributed by atoms with van der Waals surface area (Å²) in [6, 6.07) is 0. The molecular weight excluding hydrogens is 224 g/mol. The van der Waals surface area contributed by atoms with E-state index in [-0.39, 0.29) is 23.4 Å². The molecule has 0 aliphatic carbocycles. The van der Waals surface area contributed by atoms with Crippen molar-refractivity contribution in [2.75, 3.05) is 6.61 Å². The number of aliphatic hydroxyl groups is 5. The van der Waals surface area contributed by atoms with Crippen LogP contribution in [0.2, 0.25) is 0 Å². The van der Waals surface area contributed by atoms with Crippen LogP contribution < -0.4 is 0 Å². The molecule has 5 N–H and O–H groups in total. The second-order valence-electron chi connectivity index (χ2n) is 2.36. The molecule has 4 atom stereocenters. The van der Waals surface area contributed by atoms with Crippen molar-refractivity contribution in [3.8, 4) is 0 Å². The summed E-state index contributed by atoms with van der Waals surface area (Å²) in [4.78, 5) is 9.90. The van der Waals surface area contributed by atoms with Crippen LogP contribution in [0.3, 0.4) is 0 Å². The van der Waals surface area contributed by atoms with Crippen molar-refractivity contribution in [3.63, 3.8) is 0 Å². The Kier molecular flexibility index (Phi) is 8.80. The average Bonchev–Trinajstić information content (AvgIpc) is 2.12. The first-order valence-electron chi connectivity index (χ1n) is 3.33. The number of hydrogen-bond donors (Lipinski definition) is 5. The maximum Gasteiger partial charge on any atom is 0.151 e. The van der Waals surface area contributed by atoms with Crippen molar-refractivity contribution in [2.45, 2.75) is 24.4 Å². The minimum atomic E-state index is -1.79. The summed E-state index contributed by atoms with van der Waals surface area (Å²) in [7, 11) is 0. The van der Waals surface area contributed by atoms with Gasteiger partial charge in [-0.25, -0.2) is 0 Å². The molecule has 80 valence electrons. The van der Waals surface area contributed by atoms with Gasteiger partial charge in [-0.2, -0.15) is 0 Å². The number of rotatable bonds is 5. The molecule has 0 amide bonds. The summed E-state index contributed by atoms with van der Waals surface area (Å²) >= 11 is 0. The van der Waals surface area contributed by atoms with Crippen LogP contribution >= 0.6 is 0 Å². The van der Waals surface area contributed by atoms with E-state index in [9.17, 15) is 4.79 Å². The molecular formula is C6H12FeO6. The average molecular weight is 236 g/mol. The number of carbonyl (C=O) groups is 1. The monoisotopic (exact) mass is 236 g/mol. The van der Waals surface area contributed by atoms with Crippen LogP contribution in [0, 0.1) is 0 Å².